The lowest BCUT2D eigenvalue weighted by Crippen LogP contribution is -2.38. The van der Waals surface area contributed by atoms with E-state index in [1.54, 1.807) is 0 Å². The number of aliphatic carboxylic acids is 1. The van der Waals surface area contributed by atoms with E-state index in [9.17, 15) is 14.7 Å². The van der Waals surface area contributed by atoms with Crippen molar-refractivity contribution < 1.29 is 19.4 Å². The molecule has 1 unspecified atom stereocenters. The third-order valence-electron chi connectivity index (χ3n) is 6.77. The molecule has 6 nitrogen and oxygen atoms in total. The molecule has 0 saturated carbocycles. The van der Waals surface area contributed by atoms with E-state index in [-0.39, 0.29) is 25.0 Å². The number of carboxylic acids is 1. The second-order valence-electron chi connectivity index (χ2n) is 9.24. The van der Waals surface area contributed by atoms with Crippen molar-refractivity contribution >= 4 is 23.0 Å². The molecule has 4 aromatic rings. The van der Waals surface area contributed by atoms with E-state index in [0.717, 1.165) is 33.3 Å². The minimum atomic E-state index is -0.898. The normalized spacial score (nSPS) is 13.1. The Labute approximate surface area is 210 Å². The zero-order chi connectivity index (χ0) is 25.1. The molecule has 0 spiro atoms. The molecule has 1 heterocycles. The van der Waals surface area contributed by atoms with Gasteiger partial charge in [-0.05, 0) is 59.7 Å². The summed E-state index contributed by atoms with van der Waals surface area (Å²) in [6.45, 7) is 2.14. The van der Waals surface area contributed by atoms with E-state index in [2.05, 4.69) is 34.6 Å². The number of ether oxygens (including phenoxy) is 1. The predicted molar refractivity (Wildman–Crippen MR) is 139 cm³/mol. The van der Waals surface area contributed by atoms with Crippen LogP contribution >= 0.6 is 0 Å². The van der Waals surface area contributed by atoms with Crippen LogP contribution < -0.4 is 5.32 Å². The SMILES string of the molecule is Cc1cc(CC(CCC(=O)O)NC(=O)OCC2c3ccccc3-c3ccccc32)c2ccccc2n1. The van der Waals surface area contributed by atoms with Gasteiger partial charge in [-0.25, -0.2) is 4.79 Å². The average molecular weight is 481 g/mol. The van der Waals surface area contributed by atoms with Crippen molar-refractivity contribution in [2.24, 2.45) is 0 Å². The van der Waals surface area contributed by atoms with Crippen molar-refractivity contribution in [2.45, 2.75) is 38.1 Å². The largest absolute Gasteiger partial charge is 0.481 e. The van der Waals surface area contributed by atoms with Crippen molar-refractivity contribution in [3.8, 4) is 11.1 Å². The minimum Gasteiger partial charge on any atom is -0.481 e. The number of carbonyl (C=O) groups is 2. The number of fused-ring (bicyclic) bond motifs is 4. The second kappa shape index (κ2) is 10.2. The van der Waals surface area contributed by atoms with E-state index in [4.69, 9.17) is 4.74 Å². The summed E-state index contributed by atoms with van der Waals surface area (Å²) < 4.78 is 5.72. The Morgan fingerprint density at radius 1 is 0.972 bits per heavy atom. The second-order valence-corrected chi connectivity index (χ2v) is 9.24. The van der Waals surface area contributed by atoms with Gasteiger partial charge in [0.25, 0.3) is 0 Å². The highest BCUT2D eigenvalue weighted by Crippen LogP contribution is 2.44. The van der Waals surface area contributed by atoms with Crippen LogP contribution in [0.2, 0.25) is 0 Å². The molecule has 36 heavy (non-hydrogen) atoms. The zero-order valence-corrected chi connectivity index (χ0v) is 20.1. The van der Waals surface area contributed by atoms with Gasteiger partial charge in [0.15, 0.2) is 0 Å². The van der Waals surface area contributed by atoms with Gasteiger partial charge in [-0.15, -0.1) is 0 Å². The number of pyridine rings is 1. The van der Waals surface area contributed by atoms with Crippen LogP contribution in [0.15, 0.2) is 78.9 Å². The average Bonchev–Trinajstić information content (AvgIpc) is 3.19. The molecule has 1 aliphatic rings. The molecule has 0 saturated heterocycles. The highest BCUT2D eigenvalue weighted by Gasteiger charge is 2.29. The van der Waals surface area contributed by atoms with Gasteiger partial charge in [-0.2, -0.15) is 0 Å². The lowest BCUT2D eigenvalue weighted by molar-refractivity contribution is -0.137. The van der Waals surface area contributed by atoms with E-state index in [1.807, 2.05) is 61.5 Å². The first kappa shape index (κ1) is 23.5. The number of nitrogens with one attached hydrogen (secondary N) is 1. The smallest absolute Gasteiger partial charge is 0.407 e. The standard InChI is InChI=1S/C30H28N2O4/c1-19-16-20(22-8-6-7-13-28(22)31-19)17-21(14-15-29(33)34)32-30(35)36-18-27-25-11-4-2-9-23(25)24-10-3-5-12-26(24)27/h2-13,16,21,27H,14-15,17-18H2,1H3,(H,32,35)(H,33,34). The maximum atomic E-state index is 12.9. The quantitative estimate of drug-likeness (QED) is 0.330. The van der Waals surface area contributed by atoms with Crippen LogP contribution in [-0.4, -0.2) is 34.8 Å². The number of aryl methyl sites for hydroxylation is 1. The zero-order valence-electron chi connectivity index (χ0n) is 20.1. The summed E-state index contributed by atoms with van der Waals surface area (Å²) in [5.41, 5.74) is 7.41. The number of benzene rings is 3. The van der Waals surface area contributed by atoms with Gasteiger partial charge < -0.3 is 15.2 Å². The Kier molecular flexibility index (Phi) is 6.67. The number of hydrogen-bond acceptors (Lipinski definition) is 4. The molecule has 0 bridgehead atoms. The first-order chi connectivity index (χ1) is 17.5. The Bertz CT molecular complexity index is 1390. The summed E-state index contributed by atoms with van der Waals surface area (Å²) in [4.78, 5) is 28.8. The Balaban J connectivity index is 1.31. The third-order valence-corrected chi connectivity index (χ3v) is 6.77. The fourth-order valence-corrected chi connectivity index (χ4v) is 5.16. The summed E-state index contributed by atoms with van der Waals surface area (Å²) in [6, 6.07) is 25.8. The summed E-state index contributed by atoms with van der Waals surface area (Å²) in [7, 11) is 0. The molecule has 0 fully saturated rings. The molecule has 1 atom stereocenters. The van der Waals surface area contributed by atoms with Crippen LogP contribution in [0.4, 0.5) is 4.79 Å². The molecule has 0 aliphatic heterocycles. The van der Waals surface area contributed by atoms with E-state index in [1.165, 1.54) is 11.1 Å². The molecule has 1 amide bonds. The van der Waals surface area contributed by atoms with Crippen molar-refractivity contribution in [1.29, 1.82) is 0 Å². The van der Waals surface area contributed by atoms with Crippen LogP contribution in [-0.2, 0) is 16.0 Å². The topological polar surface area (TPSA) is 88.5 Å². The van der Waals surface area contributed by atoms with Crippen molar-refractivity contribution in [1.82, 2.24) is 10.3 Å². The number of alkyl carbamates (subject to hydrolysis) is 1. The number of nitrogens with zero attached hydrogens (tertiary/aromatic N) is 1. The van der Waals surface area contributed by atoms with Crippen molar-refractivity contribution in [3.63, 3.8) is 0 Å². The molecular formula is C30H28N2O4. The number of amides is 1. The number of carbonyl (C=O) groups excluding carboxylic acids is 1. The lowest BCUT2D eigenvalue weighted by atomic mass is 9.98. The highest BCUT2D eigenvalue weighted by atomic mass is 16.5. The van der Waals surface area contributed by atoms with Gasteiger partial charge in [0, 0.05) is 29.5 Å². The number of rotatable bonds is 8. The first-order valence-corrected chi connectivity index (χ1v) is 12.2. The maximum absolute atomic E-state index is 12.9. The van der Waals surface area contributed by atoms with Crippen molar-refractivity contribution in [3.05, 3.63) is 101 Å². The molecule has 5 rings (SSSR count). The Morgan fingerprint density at radius 3 is 2.31 bits per heavy atom. The van der Waals surface area contributed by atoms with Crippen LogP contribution in [0.3, 0.4) is 0 Å². The predicted octanol–water partition coefficient (Wildman–Crippen LogP) is 5.86. The Hall–Kier alpha value is -4.19. The number of carboxylic acid groups (broad SMARTS) is 1. The molecule has 1 aromatic heterocycles. The molecule has 182 valence electrons. The summed E-state index contributed by atoms with van der Waals surface area (Å²) >= 11 is 0. The van der Waals surface area contributed by atoms with Gasteiger partial charge in [-0.3, -0.25) is 9.78 Å². The summed E-state index contributed by atoms with van der Waals surface area (Å²) in [5.74, 6) is -0.933. The maximum Gasteiger partial charge on any atom is 0.407 e. The van der Waals surface area contributed by atoms with Crippen LogP contribution in [0.25, 0.3) is 22.0 Å². The van der Waals surface area contributed by atoms with E-state index in [0.29, 0.717) is 12.8 Å². The molecule has 0 radical (unpaired) electrons. The fraction of sp³-hybridized carbons (Fsp3) is 0.233. The van der Waals surface area contributed by atoms with Gasteiger partial charge in [0.1, 0.15) is 6.61 Å². The third kappa shape index (κ3) is 4.93. The summed E-state index contributed by atoms with van der Waals surface area (Å²) in [5, 5.41) is 13.2. The van der Waals surface area contributed by atoms with E-state index < -0.39 is 12.1 Å². The van der Waals surface area contributed by atoms with Gasteiger partial charge in [0.2, 0.25) is 0 Å². The number of hydrogen-bond donors (Lipinski definition) is 2. The number of para-hydroxylation sites is 1. The minimum absolute atomic E-state index is 0.0348. The monoisotopic (exact) mass is 480 g/mol. The van der Waals surface area contributed by atoms with E-state index >= 15 is 0 Å². The van der Waals surface area contributed by atoms with Crippen LogP contribution in [0, 0.1) is 6.92 Å². The molecule has 2 N–H and O–H groups in total. The first-order valence-electron chi connectivity index (χ1n) is 12.2. The molecular weight excluding hydrogens is 452 g/mol. The van der Waals surface area contributed by atoms with Gasteiger partial charge in [-0.1, -0.05) is 66.7 Å². The van der Waals surface area contributed by atoms with Crippen molar-refractivity contribution in [2.75, 3.05) is 6.61 Å². The molecule has 1 aliphatic carbocycles. The number of aromatic nitrogens is 1. The Morgan fingerprint density at radius 2 is 1.61 bits per heavy atom. The van der Waals surface area contributed by atoms with Crippen LogP contribution in [0.5, 0.6) is 0 Å². The van der Waals surface area contributed by atoms with Crippen LogP contribution in [0.1, 0.15) is 41.1 Å². The summed E-state index contributed by atoms with van der Waals surface area (Å²) in [6.07, 6.45) is 0.203. The van der Waals surface area contributed by atoms with Gasteiger partial charge in [0.05, 0.1) is 5.52 Å². The molecule has 3 aromatic carbocycles. The highest BCUT2D eigenvalue weighted by molar-refractivity contribution is 5.82. The fourth-order valence-electron chi connectivity index (χ4n) is 5.16. The lowest BCUT2D eigenvalue weighted by Gasteiger charge is -2.20. The molecule has 6 heteroatoms. The van der Waals surface area contributed by atoms with Gasteiger partial charge >= 0.3 is 12.1 Å².